The summed E-state index contributed by atoms with van der Waals surface area (Å²) in [5, 5.41) is 1.70. The van der Waals surface area contributed by atoms with Crippen LogP contribution in [0.4, 0.5) is 0 Å². The first kappa shape index (κ1) is 12.5. The summed E-state index contributed by atoms with van der Waals surface area (Å²) in [6.45, 7) is 0.280. The molecule has 98 valence electrons. The van der Waals surface area contributed by atoms with E-state index >= 15 is 0 Å². The van der Waals surface area contributed by atoms with Crippen molar-refractivity contribution >= 4 is 21.6 Å². The van der Waals surface area contributed by atoms with Crippen LogP contribution in [0.3, 0.4) is 0 Å². The van der Waals surface area contributed by atoms with Gasteiger partial charge >= 0.3 is 0 Å². The Bertz CT molecular complexity index is 489. The number of hydroxylamine groups is 2. The van der Waals surface area contributed by atoms with Crippen LogP contribution >= 0.6 is 0 Å². The summed E-state index contributed by atoms with van der Waals surface area (Å²) in [6.07, 6.45) is 0. The van der Waals surface area contributed by atoms with Gasteiger partial charge in [-0.2, -0.15) is 5.06 Å². The van der Waals surface area contributed by atoms with Gasteiger partial charge in [-0.25, -0.2) is 0 Å². The lowest BCUT2D eigenvalue weighted by Crippen LogP contribution is -2.42. The van der Waals surface area contributed by atoms with Crippen LogP contribution in [-0.2, 0) is 26.4 Å². The number of hydrogen-bond acceptors (Lipinski definition) is 4. The molecule has 2 heterocycles. The molecule has 1 spiro atoms. The topological polar surface area (TPSA) is 46.6 Å². The summed E-state index contributed by atoms with van der Waals surface area (Å²) < 4.78 is 23.9. The molecule has 18 heavy (non-hydrogen) atoms. The molecule has 3 rings (SSSR count). The van der Waals surface area contributed by atoms with Crippen molar-refractivity contribution in [1.82, 2.24) is 5.06 Å². The van der Waals surface area contributed by atoms with Crippen LogP contribution in [0.5, 0.6) is 0 Å². The van der Waals surface area contributed by atoms with Gasteiger partial charge in [0.05, 0.1) is 12.6 Å². The lowest BCUT2D eigenvalue weighted by Gasteiger charge is -2.28. The van der Waals surface area contributed by atoms with Crippen molar-refractivity contribution < 1.29 is 13.3 Å². The van der Waals surface area contributed by atoms with E-state index in [4.69, 9.17) is 4.84 Å². The third kappa shape index (κ3) is 1.63. The molecule has 0 bridgehead atoms. The Labute approximate surface area is 111 Å². The first-order valence-corrected chi connectivity index (χ1v) is 8.48. The van der Waals surface area contributed by atoms with Crippen LogP contribution in [0.15, 0.2) is 30.3 Å². The number of nitrogens with zero attached hydrogens (tertiary/aromatic N) is 1. The Kier molecular flexibility index (Phi) is 3.13. The molecule has 2 fully saturated rings. The third-order valence-electron chi connectivity index (χ3n) is 3.59. The normalized spacial score (nSPS) is 35.3. The first-order chi connectivity index (χ1) is 8.66. The molecule has 2 aliphatic rings. The molecule has 0 aromatic heterocycles. The average molecular weight is 285 g/mol. The fourth-order valence-electron chi connectivity index (χ4n) is 2.70. The van der Waals surface area contributed by atoms with Crippen molar-refractivity contribution in [2.45, 2.75) is 10.1 Å². The highest BCUT2D eigenvalue weighted by Gasteiger charge is 2.60. The van der Waals surface area contributed by atoms with E-state index in [2.05, 4.69) is 0 Å². The minimum atomic E-state index is -1.10. The molecule has 0 saturated carbocycles. The van der Waals surface area contributed by atoms with E-state index in [1.165, 1.54) is 0 Å². The van der Waals surface area contributed by atoms with E-state index < -0.39 is 25.7 Å². The van der Waals surface area contributed by atoms with Gasteiger partial charge in [0.2, 0.25) is 0 Å². The Morgan fingerprint density at radius 2 is 1.83 bits per heavy atom. The van der Waals surface area contributed by atoms with Crippen molar-refractivity contribution in [2.75, 3.05) is 25.2 Å². The van der Waals surface area contributed by atoms with Crippen LogP contribution in [0, 0.1) is 0 Å². The van der Waals surface area contributed by atoms with Crippen molar-refractivity contribution in [1.29, 1.82) is 0 Å². The van der Waals surface area contributed by atoms with Crippen LogP contribution in [0.25, 0.3) is 0 Å². The highest BCUT2D eigenvalue weighted by atomic mass is 32.3. The van der Waals surface area contributed by atoms with Crippen molar-refractivity contribution in [2.24, 2.45) is 0 Å². The summed E-state index contributed by atoms with van der Waals surface area (Å²) in [4.78, 5) is 5.55. The fourth-order valence-corrected chi connectivity index (χ4v) is 7.37. The molecule has 6 heteroatoms. The van der Waals surface area contributed by atoms with Crippen LogP contribution in [0.1, 0.15) is 11.6 Å². The fraction of sp³-hybridized carbons (Fsp3) is 0.500. The van der Waals surface area contributed by atoms with Gasteiger partial charge < -0.3 is 0 Å². The van der Waals surface area contributed by atoms with E-state index in [1.807, 2.05) is 37.4 Å². The zero-order valence-electron chi connectivity index (χ0n) is 10.1. The second kappa shape index (κ2) is 4.52. The molecule has 4 nitrogen and oxygen atoms in total. The van der Waals surface area contributed by atoms with Gasteiger partial charge in [0.25, 0.3) is 0 Å². The Morgan fingerprint density at radius 1 is 1.22 bits per heavy atom. The maximum atomic E-state index is 12.3. The standard InChI is InChI=1S/C12H15NO3S2/c1-13-11(10-5-3-2-4-6-10)12(9-16-13)17(14)7-8-18(12)15/h2-6,11H,7-9H2,1H3/t11-,17+,18+/m1/s1. The van der Waals surface area contributed by atoms with Gasteiger partial charge in [-0.1, -0.05) is 30.3 Å². The van der Waals surface area contributed by atoms with Gasteiger partial charge in [0.1, 0.15) is 0 Å². The molecule has 1 aromatic carbocycles. The molecule has 0 radical (unpaired) electrons. The van der Waals surface area contributed by atoms with Gasteiger partial charge in [-0.15, -0.1) is 0 Å². The van der Waals surface area contributed by atoms with Crippen LogP contribution in [0.2, 0.25) is 0 Å². The molecule has 2 aliphatic heterocycles. The number of hydrogen-bond donors (Lipinski definition) is 0. The SMILES string of the molecule is CN1OCC2([C@H]1c1ccccc1)[S@@](=O)CC[S@@]2=O. The number of rotatable bonds is 1. The van der Waals surface area contributed by atoms with Crippen molar-refractivity contribution in [3.8, 4) is 0 Å². The van der Waals surface area contributed by atoms with Crippen molar-refractivity contribution in [3.63, 3.8) is 0 Å². The molecule has 0 unspecified atom stereocenters. The monoisotopic (exact) mass is 285 g/mol. The summed E-state index contributed by atoms with van der Waals surface area (Å²) in [6, 6.07) is 9.58. The minimum Gasteiger partial charge on any atom is -0.296 e. The average Bonchev–Trinajstić information content (AvgIpc) is 2.87. The lowest BCUT2D eigenvalue weighted by atomic mass is 10.0. The predicted molar refractivity (Wildman–Crippen MR) is 71.6 cm³/mol. The summed E-state index contributed by atoms with van der Waals surface area (Å²) in [5.41, 5.74) is 1.01. The maximum absolute atomic E-state index is 12.3. The molecule has 3 atom stereocenters. The molecular formula is C12H15NO3S2. The zero-order chi connectivity index (χ0) is 12.8. The highest BCUT2D eigenvalue weighted by molar-refractivity contribution is 8.07. The van der Waals surface area contributed by atoms with Crippen LogP contribution in [-0.4, -0.2) is 42.7 Å². The lowest BCUT2D eigenvalue weighted by molar-refractivity contribution is -0.110. The molecule has 1 aromatic rings. The molecule has 2 saturated heterocycles. The van der Waals surface area contributed by atoms with E-state index in [0.29, 0.717) is 11.5 Å². The summed E-state index contributed by atoms with van der Waals surface area (Å²) in [7, 11) is -0.391. The van der Waals surface area contributed by atoms with Crippen molar-refractivity contribution in [3.05, 3.63) is 35.9 Å². The summed E-state index contributed by atoms with van der Waals surface area (Å²) in [5.74, 6) is 1.01. The third-order valence-corrected chi connectivity index (χ3v) is 8.34. The second-order valence-electron chi connectivity index (χ2n) is 4.54. The predicted octanol–water partition coefficient (Wildman–Crippen LogP) is 0.812. The molecule has 0 N–H and O–H groups in total. The zero-order valence-corrected chi connectivity index (χ0v) is 11.7. The maximum Gasteiger partial charge on any atom is 0.167 e. The van der Waals surface area contributed by atoms with E-state index in [9.17, 15) is 8.42 Å². The van der Waals surface area contributed by atoms with E-state index in [1.54, 1.807) is 5.06 Å². The Hall–Kier alpha value is -0.560. The molecule has 0 aliphatic carbocycles. The largest absolute Gasteiger partial charge is 0.296 e. The van der Waals surface area contributed by atoms with Gasteiger partial charge in [-0.3, -0.25) is 13.3 Å². The minimum absolute atomic E-state index is 0.192. The van der Waals surface area contributed by atoms with Crippen LogP contribution < -0.4 is 0 Å². The van der Waals surface area contributed by atoms with Gasteiger partial charge in [0, 0.05) is 40.2 Å². The summed E-state index contributed by atoms with van der Waals surface area (Å²) >= 11 is 0. The quantitative estimate of drug-likeness (QED) is 0.766. The Morgan fingerprint density at radius 3 is 2.44 bits per heavy atom. The Balaban J connectivity index is 2.10. The van der Waals surface area contributed by atoms with Gasteiger partial charge in [0.15, 0.2) is 4.08 Å². The van der Waals surface area contributed by atoms with E-state index in [-0.39, 0.29) is 12.6 Å². The second-order valence-corrected chi connectivity index (χ2v) is 8.46. The number of benzene rings is 1. The smallest absolute Gasteiger partial charge is 0.167 e. The van der Waals surface area contributed by atoms with E-state index in [0.717, 1.165) is 5.56 Å². The first-order valence-electron chi connectivity index (χ1n) is 5.84. The van der Waals surface area contributed by atoms with Gasteiger partial charge in [-0.05, 0) is 5.56 Å². The molecular weight excluding hydrogens is 270 g/mol. The highest BCUT2D eigenvalue weighted by Crippen LogP contribution is 2.46. The molecule has 0 amide bonds.